The third-order valence-corrected chi connectivity index (χ3v) is 2.72. The number of rotatable bonds is 4. The summed E-state index contributed by atoms with van der Waals surface area (Å²) in [5, 5.41) is 0. The molecular formula is C11H16S. The summed E-state index contributed by atoms with van der Waals surface area (Å²) in [6, 6.07) is 10.6. The summed E-state index contributed by atoms with van der Waals surface area (Å²) in [6.45, 7) is 2.23. The summed E-state index contributed by atoms with van der Waals surface area (Å²) >= 11 is 4.33. The minimum atomic E-state index is 0.732. The zero-order chi connectivity index (χ0) is 8.81. The zero-order valence-corrected chi connectivity index (χ0v) is 8.43. The van der Waals surface area contributed by atoms with Crippen LogP contribution in [0.1, 0.15) is 18.9 Å². The third-order valence-electron chi connectivity index (χ3n) is 2.20. The van der Waals surface area contributed by atoms with Crippen molar-refractivity contribution in [1.82, 2.24) is 0 Å². The minimum Gasteiger partial charge on any atom is -0.179 e. The van der Waals surface area contributed by atoms with E-state index in [1.165, 1.54) is 18.4 Å². The van der Waals surface area contributed by atoms with Crippen LogP contribution in [0.25, 0.3) is 0 Å². The standard InChI is InChI=1S/C11H16S/c1-2-10(9-12)8-11-6-4-3-5-7-11/h3-7,10,12H,2,8-9H2,1H3. The predicted octanol–water partition coefficient (Wildman–Crippen LogP) is 3.19. The van der Waals surface area contributed by atoms with Gasteiger partial charge in [-0.2, -0.15) is 12.6 Å². The van der Waals surface area contributed by atoms with Crippen LogP contribution in [0.15, 0.2) is 30.3 Å². The van der Waals surface area contributed by atoms with Gasteiger partial charge in [-0.05, 0) is 23.7 Å². The Morgan fingerprint density at radius 3 is 2.42 bits per heavy atom. The van der Waals surface area contributed by atoms with Crippen molar-refractivity contribution in [1.29, 1.82) is 0 Å². The molecule has 0 amide bonds. The Kier molecular flexibility index (Phi) is 4.23. The van der Waals surface area contributed by atoms with Crippen molar-refractivity contribution in [2.45, 2.75) is 19.8 Å². The van der Waals surface area contributed by atoms with Gasteiger partial charge < -0.3 is 0 Å². The molecule has 1 rings (SSSR count). The summed E-state index contributed by atoms with van der Waals surface area (Å²) in [5.74, 6) is 1.72. The molecule has 0 nitrogen and oxygen atoms in total. The van der Waals surface area contributed by atoms with Crippen molar-refractivity contribution in [3.63, 3.8) is 0 Å². The summed E-state index contributed by atoms with van der Waals surface area (Å²) in [7, 11) is 0. The molecule has 1 atom stereocenters. The molecule has 0 aliphatic carbocycles. The van der Waals surface area contributed by atoms with Crippen LogP contribution in [0, 0.1) is 5.92 Å². The lowest BCUT2D eigenvalue weighted by Gasteiger charge is -2.10. The van der Waals surface area contributed by atoms with E-state index in [2.05, 4.69) is 49.9 Å². The quantitative estimate of drug-likeness (QED) is 0.676. The first-order valence-electron chi connectivity index (χ1n) is 4.51. The lowest BCUT2D eigenvalue weighted by molar-refractivity contribution is 0.571. The van der Waals surface area contributed by atoms with Gasteiger partial charge in [0.25, 0.3) is 0 Å². The maximum absolute atomic E-state index is 4.33. The largest absolute Gasteiger partial charge is 0.179 e. The molecule has 0 bridgehead atoms. The Morgan fingerprint density at radius 2 is 1.92 bits per heavy atom. The van der Waals surface area contributed by atoms with Crippen LogP contribution < -0.4 is 0 Å². The molecule has 12 heavy (non-hydrogen) atoms. The normalized spacial score (nSPS) is 12.8. The van der Waals surface area contributed by atoms with Gasteiger partial charge in [0.15, 0.2) is 0 Å². The van der Waals surface area contributed by atoms with Gasteiger partial charge >= 0.3 is 0 Å². The smallest absolute Gasteiger partial charge is 0.00664 e. The maximum Gasteiger partial charge on any atom is -0.00664 e. The number of thiol groups is 1. The molecule has 66 valence electrons. The van der Waals surface area contributed by atoms with Gasteiger partial charge in [-0.25, -0.2) is 0 Å². The topological polar surface area (TPSA) is 0 Å². The second-order valence-electron chi connectivity index (χ2n) is 3.15. The van der Waals surface area contributed by atoms with Gasteiger partial charge in [0.05, 0.1) is 0 Å². The van der Waals surface area contributed by atoms with Gasteiger partial charge in [0.1, 0.15) is 0 Å². The fourth-order valence-electron chi connectivity index (χ4n) is 1.29. The molecule has 0 aromatic heterocycles. The molecule has 0 saturated carbocycles. The van der Waals surface area contributed by atoms with Crippen molar-refractivity contribution in [2.75, 3.05) is 5.75 Å². The fraction of sp³-hybridized carbons (Fsp3) is 0.455. The van der Waals surface area contributed by atoms with E-state index in [-0.39, 0.29) is 0 Å². The summed E-state index contributed by atoms with van der Waals surface area (Å²) in [5.41, 5.74) is 1.43. The Bertz CT molecular complexity index is 202. The molecule has 1 aromatic rings. The Balaban J connectivity index is 2.51. The monoisotopic (exact) mass is 180 g/mol. The predicted molar refractivity (Wildman–Crippen MR) is 57.8 cm³/mol. The van der Waals surface area contributed by atoms with Crippen LogP contribution in [-0.4, -0.2) is 5.75 Å². The van der Waals surface area contributed by atoms with Crippen LogP contribution >= 0.6 is 12.6 Å². The van der Waals surface area contributed by atoms with E-state index in [0.29, 0.717) is 0 Å². The van der Waals surface area contributed by atoms with Gasteiger partial charge in [0, 0.05) is 0 Å². The number of hydrogen-bond acceptors (Lipinski definition) is 1. The first-order valence-corrected chi connectivity index (χ1v) is 5.14. The van der Waals surface area contributed by atoms with E-state index in [9.17, 15) is 0 Å². The van der Waals surface area contributed by atoms with E-state index >= 15 is 0 Å². The highest BCUT2D eigenvalue weighted by Crippen LogP contribution is 2.12. The van der Waals surface area contributed by atoms with E-state index in [1.54, 1.807) is 0 Å². The molecule has 0 aliphatic heterocycles. The molecular weight excluding hydrogens is 164 g/mol. The first kappa shape index (κ1) is 9.66. The van der Waals surface area contributed by atoms with Crippen LogP contribution in [0.3, 0.4) is 0 Å². The minimum absolute atomic E-state index is 0.732. The van der Waals surface area contributed by atoms with Crippen LogP contribution in [0.2, 0.25) is 0 Å². The van der Waals surface area contributed by atoms with Crippen LogP contribution in [0.4, 0.5) is 0 Å². The van der Waals surface area contributed by atoms with Gasteiger partial charge in [-0.1, -0.05) is 43.7 Å². The van der Waals surface area contributed by atoms with Crippen molar-refractivity contribution >= 4 is 12.6 Å². The van der Waals surface area contributed by atoms with Crippen molar-refractivity contribution in [3.8, 4) is 0 Å². The highest BCUT2D eigenvalue weighted by atomic mass is 32.1. The molecule has 1 unspecified atom stereocenters. The zero-order valence-electron chi connectivity index (χ0n) is 7.53. The van der Waals surface area contributed by atoms with Crippen molar-refractivity contribution in [3.05, 3.63) is 35.9 Å². The molecule has 0 fully saturated rings. The first-order chi connectivity index (χ1) is 5.86. The number of hydrogen-bond donors (Lipinski definition) is 1. The second-order valence-corrected chi connectivity index (χ2v) is 3.51. The van der Waals surface area contributed by atoms with E-state index in [0.717, 1.165) is 11.7 Å². The van der Waals surface area contributed by atoms with E-state index in [4.69, 9.17) is 0 Å². The Hall–Kier alpha value is -0.430. The van der Waals surface area contributed by atoms with E-state index in [1.807, 2.05) is 0 Å². The molecule has 0 aliphatic rings. The highest BCUT2D eigenvalue weighted by molar-refractivity contribution is 7.80. The average Bonchev–Trinajstić information content (AvgIpc) is 2.16. The Morgan fingerprint density at radius 1 is 1.25 bits per heavy atom. The summed E-state index contributed by atoms with van der Waals surface area (Å²) in [4.78, 5) is 0. The lowest BCUT2D eigenvalue weighted by atomic mass is 9.99. The Labute approximate surface area is 80.4 Å². The van der Waals surface area contributed by atoms with Gasteiger partial charge in [0.2, 0.25) is 0 Å². The van der Waals surface area contributed by atoms with Crippen LogP contribution in [0.5, 0.6) is 0 Å². The van der Waals surface area contributed by atoms with Gasteiger partial charge in [-0.15, -0.1) is 0 Å². The SMILES string of the molecule is CCC(CS)Cc1ccccc1. The molecule has 0 saturated heterocycles. The van der Waals surface area contributed by atoms with E-state index < -0.39 is 0 Å². The highest BCUT2D eigenvalue weighted by Gasteiger charge is 2.03. The number of benzene rings is 1. The average molecular weight is 180 g/mol. The van der Waals surface area contributed by atoms with Gasteiger partial charge in [-0.3, -0.25) is 0 Å². The van der Waals surface area contributed by atoms with Crippen molar-refractivity contribution < 1.29 is 0 Å². The summed E-state index contributed by atoms with van der Waals surface area (Å²) < 4.78 is 0. The fourth-order valence-corrected chi connectivity index (χ4v) is 1.67. The molecule has 1 aromatic carbocycles. The molecule has 0 radical (unpaired) electrons. The molecule has 0 N–H and O–H groups in total. The molecule has 0 spiro atoms. The van der Waals surface area contributed by atoms with Crippen LogP contribution in [-0.2, 0) is 6.42 Å². The maximum atomic E-state index is 4.33. The van der Waals surface area contributed by atoms with Crippen molar-refractivity contribution in [2.24, 2.45) is 5.92 Å². The second kappa shape index (κ2) is 5.26. The third kappa shape index (κ3) is 2.90. The molecule has 0 heterocycles. The summed E-state index contributed by atoms with van der Waals surface area (Å²) in [6.07, 6.45) is 2.39. The molecule has 1 heteroatoms. The lowest BCUT2D eigenvalue weighted by Crippen LogP contribution is -2.04.